The van der Waals surface area contributed by atoms with Crippen LogP contribution in [-0.2, 0) is 6.54 Å². The number of methoxy groups -OCH3 is 4. The average Bonchev–Trinajstić information content (AvgIpc) is 3.50. The molecular weight excluding hydrogens is 720 g/mol. The fourth-order valence-corrected chi connectivity index (χ4v) is 6.68. The smallest absolute Gasteiger partial charge is 0.497 e. The first-order valence-corrected chi connectivity index (χ1v) is 17.1. The van der Waals surface area contributed by atoms with Gasteiger partial charge < -0.3 is 39.7 Å². The van der Waals surface area contributed by atoms with Gasteiger partial charge in [-0.15, -0.1) is 0 Å². The van der Waals surface area contributed by atoms with Crippen LogP contribution < -0.4 is 86.9 Å². The third kappa shape index (κ3) is 7.60. The Kier molecular flexibility index (Phi) is 12.3. The van der Waals surface area contributed by atoms with Crippen molar-refractivity contribution in [2.45, 2.75) is 19.9 Å². The first-order chi connectivity index (χ1) is 25.0. The topological polar surface area (TPSA) is 48.3 Å². The van der Waals surface area contributed by atoms with Crippen molar-refractivity contribution in [3.63, 3.8) is 0 Å². The number of anilines is 6. The van der Waals surface area contributed by atoms with E-state index in [2.05, 4.69) is 113 Å². The first kappa shape index (κ1) is 37.5. The van der Waals surface area contributed by atoms with Gasteiger partial charge in [0.05, 0.1) is 28.4 Å². The number of fused-ring (bicyclic) bond motifs is 3. The number of nitrogens with zero attached hydrogens (tertiary/aromatic N) is 3. The summed E-state index contributed by atoms with van der Waals surface area (Å²) in [5.41, 5.74) is 8.57. The zero-order valence-corrected chi connectivity index (χ0v) is 35.6. The van der Waals surface area contributed by atoms with E-state index in [0.717, 1.165) is 70.1 Å². The molecule has 0 amide bonds. The van der Waals surface area contributed by atoms with Crippen LogP contribution in [0.4, 0.5) is 34.1 Å². The summed E-state index contributed by atoms with van der Waals surface area (Å²) in [7, 11) is 6.76. The minimum Gasteiger partial charge on any atom is -0.497 e. The van der Waals surface area contributed by atoms with Crippen LogP contribution in [-0.4, -0.2) is 33.0 Å². The monoisotopic (exact) mass is 761 g/mol. The molecular formula is C44H42N3O4Rb. The molecule has 0 unspecified atom stereocenters. The predicted molar refractivity (Wildman–Crippen MR) is 210 cm³/mol. The van der Waals surface area contributed by atoms with Crippen molar-refractivity contribution in [1.29, 1.82) is 0 Å². The maximum atomic E-state index is 5.49. The molecule has 6 aromatic carbocycles. The number of unbranched alkanes of at least 4 members (excludes halogenated alkanes) is 1. The fourth-order valence-electron chi connectivity index (χ4n) is 6.68. The summed E-state index contributed by atoms with van der Waals surface area (Å²) in [5.74, 6) is 3.24. The number of hydrogen-bond acceptors (Lipinski definition) is 6. The summed E-state index contributed by atoms with van der Waals surface area (Å²) in [4.78, 5) is 4.54. The Morgan fingerprint density at radius 3 is 1.00 bits per heavy atom. The molecule has 0 spiro atoms. The van der Waals surface area contributed by atoms with Crippen molar-refractivity contribution in [2.24, 2.45) is 0 Å². The van der Waals surface area contributed by atoms with E-state index in [4.69, 9.17) is 18.9 Å². The maximum absolute atomic E-state index is 5.49. The van der Waals surface area contributed by atoms with E-state index in [-0.39, 0.29) is 58.2 Å². The summed E-state index contributed by atoms with van der Waals surface area (Å²) >= 11 is 0. The van der Waals surface area contributed by atoms with Crippen LogP contribution in [0.25, 0.3) is 21.8 Å². The normalized spacial score (nSPS) is 10.9. The summed E-state index contributed by atoms with van der Waals surface area (Å²) in [6, 6.07) is 46.3. The van der Waals surface area contributed by atoms with Crippen LogP contribution in [0.15, 0.2) is 133 Å². The SMILES string of the molecule is C[CH-]CCn1c2ccc(N(c3ccc(OC)cc3)c3ccc(OC)cc3)cc2c2cc(N(c3ccc(OC)cc3)c3ccc(OC)cc3)ccc21.[Rb+]. The minimum absolute atomic E-state index is 0. The van der Waals surface area contributed by atoms with Crippen LogP contribution in [0, 0.1) is 6.42 Å². The number of hydrogen-bond donors (Lipinski definition) is 0. The molecule has 0 aliphatic carbocycles. The Hall–Kier alpha value is -4.27. The van der Waals surface area contributed by atoms with E-state index in [1.54, 1.807) is 28.4 Å². The van der Waals surface area contributed by atoms with Crippen LogP contribution in [0.1, 0.15) is 13.3 Å². The average molecular weight is 762 g/mol. The molecule has 7 nitrogen and oxygen atoms in total. The summed E-state index contributed by atoms with van der Waals surface area (Å²) in [6.07, 6.45) is 3.20. The van der Waals surface area contributed by atoms with Gasteiger partial charge in [-0.2, -0.15) is 13.3 Å². The Morgan fingerprint density at radius 2 is 0.731 bits per heavy atom. The van der Waals surface area contributed by atoms with Crippen molar-refractivity contribution < 1.29 is 77.1 Å². The zero-order valence-electron chi connectivity index (χ0n) is 30.7. The number of benzene rings is 6. The van der Waals surface area contributed by atoms with E-state index < -0.39 is 0 Å². The molecule has 7 aromatic rings. The van der Waals surface area contributed by atoms with Gasteiger partial charge in [-0.25, -0.2) is 0 Å². The largest absolute Gasteiger partial charge is 1.00 e. The van der Waals surface area contributed by atoms with Crippen molar-refractivity contribution in [3.8, 4) is 23.0 Å². The molecule has 0 N–H and O–H groups in total. The van der Waals surface area contributed by atoms with E-state index in [1.807, 2.05) is 48.5 Å². The van der Waals surface area contributed by atoms with Crippen molar-refractivity contribution in [1.82, 2.24) is 4.57 Å². The summed E-state index contributed by atoms with van der Waals surface area (Å²) < 4.78 is 24.4. The first-order valence-electron chi connectivity index (χ1n) is 17.1. The molecule has 0 aliphatic rings. The molecule has 1 heterocycles. The quantitative estimate of drug-likeness (QED) is 0.110. The van der Waals surface area contributed by atoms with Crippen LogP contribution in [0.3, 0.4) is 0 Å². The molecule has 52 heavy (non-hydrogen) atoms. The van der Waals surface area contributed by atoms with Crippen molar-refractivity contribution >= 4 is 55.9 Å². The molecule has 7 rings (SSSR count). The molecule has 0 bridgehead atoms. The second-order valence-electron chi connectivity index (χ2n) is 12.2. The van der Waals surface area contributed by atoms with Gasteiger partial charge >= 0.3 is 58.2 Å². The van der Waals surface area contributed by atoms with Gasteiger partial charge in [0.25, 0.3) is 0 Å². The summed E-state index contributed by atoms with van der Waals surface area (Å²) in [6.45, 7) is 3.00. The van der Waals surface area contributed by atoms with Gasteiger partial charge in [0, 0.05) is 55.9 Å². The Labute approximate surface area is 355 Å². The molecule has 0 fully saturated rings. The number of aromatic nitrogens is 1. The van der Waals surface area contributed by atoms with Gasteiger partial charge in [0.2, 0.25) is 0 Å². The number of aryl methyl sites for hydroxylation is 1. The van der Waals surface area contributed by atoms with Crippen molar-refractivity contribution in [2.75, 3.05) is 38.2 Å². The van der Waals surface area contributed by atoms with Gasteiger partial charge in [0.15, 0.2) is 0 Å². The van der Waals surface area contributed by atoms with Gasteiger partial charge in [-0.3, -0.25) is 0 Å². The Morgan fingerprint density at radius 1 is 0.442 bits per heavy atom. The molecule has 0 saturated carbocycles. The maximum Gasteiger partial charge on any atom is 1.00 e. The van der Waals surface area contributed by atoms with E-state index in [0.29, 0.717) is 0 Å². The zero-order chi connectivity index (χ0) is 35.3. The molecule has 1 aromatic heterocycles. The van der Waals surface area contributed by atoms with Gasteiger partial charge in [-0.1, -0.05) is 0 Å². The van der Waals surface area contributed by atoms with E-state index in [9.17, 15) is 0 Å². The van der Waals surface area contributed by atoms with E-state index in [1.165, 1.54) is 21.8 Å². The van der Waals surface area contributed by atoms with Crippen LogP contribution in [0.2, 0.25) is 0 Å². The Balaban J connectivity index is 0.00000464. The molecule has 0 aliphatic heterocycles. The number of rotatable bonds is 13. The van der Waals surface area contributed by atoms with Crippen molar-refractivity contribution in [3.05, 3.63) is 140 Å². The molecule has 8 heteroatoms. The third-order valence-corrected chi connectivity index (χ3v) is 9.31. The second-order valence-corrected chi connectivity index (χ2v) is 12.2. The molecule has 0 atom stereocenters. The molecule has 258 valence electrons. The van der Waals surface area contributed by atoms with E-state index >= 15 is 0 Å². The summed E-state index contributed by atoms with van der Waals surface area (Å²) in [5, 5.41) is 2.36. The standard InChI is InChI=1S/C44H42N3O4.Rb/c1-6-7-28-45-43-26-16-35(46(31-8-18-37(48-2)19-9-31)32-10-20-38(49-3)21-11-32)29-41(43)42-30-36(17-27-44(42)45)47(33-12-22-39(50-4)23-13-33)34-14-24-40(51-5)25-15-34;/h6,8-27,29-30H,7,28H2,1-5H3;/q-1;+1. The third-order valence-electron chi connectivity index (χ3n) is 9.31. The fraction of sp³-hybridized carbons (Fsp3) is 0.159. The Bertz CT molecular complexity index is 1980. The predicted octanol–water partition coefficient (Wildman–Crippen LogP) is 8.39. The number of ether oxygens (including phenoxy) is 4. The molecule has 0 saturated heterocycles. The van der Waals surface area contributed by atoms with Crippen LogP contribution in [0.5, 0.6) is 23.0 Å². The van der Waals surface area contributed by atoms with Gasteiger partial charge in [-0.05, 0) is 140 Å². The van der Waals surface area contributed by atoms with Gasteiger partial charge in [0.1, 0.15) is 23.0 Å². The van der Waals surface area contributed by atoms with Crippen LogP contribution >= 0.6 is 0 Å². The minimum atomic E-state index is 0. The second kappa shape index (κ2) is 17.0. The molecule has 0 radical (unpaired) electrons.